The third-order valence-corrected chi connectivity index (χ3v) is 3.82. The molecule has 7 nitrogen and oxygen atoms in total. The van der Waals surface area contributed by atoms with Gasteiger partial charge in [-0.05, 0) is 30.3 Å². The number of amides is 1. The standard InChI is InChI=1S/C17H15ClN2O5/c1-23-17(22)10-2-4-12(18)13(6-10)20-16(21)8-19-11-3-5-14-15(7-11)25-9-24-14/h2-7,19H,8-9H2,1H3,(H,20,21). The highest BCUT2D eigenvalue weighted by molar-refractivity contribution is 6.33. The zero-order valence-electron chi connectivity index (χ0n) is 13.3. The zero-order valence-corrected chi connectivity index (χ0v) is 14.1. The van der Waals surface area contributed by atoms with E-state index in [0.717, 1.165) is 0 Å². The van der Waals surface area contributed by atoms with Crippen molar-refractivity contribution >= 4 is 34.9 Å². The van der Waals surface area contributed by atoms with Crippen molar-refractivity contribution < 1.29 is 23.8 Å². The second-order valence-corrected chi connectivity index (χ2v) is 5.56. The Hall–Kier alpha value is -2.93. The summed E-state index contributed by atoms with van der Waals surface area (Å²) >= 11 is 6.05. The topological polar surface area (TPSA) is 85.9 Å². The van der Waals surface area contributed by atoms with Crippen molar-refractivity contribution in [1.82, 2.24) is 0 Å². The fraction of sp³-hybridized carbons (Fsp3) is 0.176. The number of carbonyl (C=O) groups excluding carboxylic acids is 2. The number of anilines is 2. The van der Waals surface area contributed by atoms with Gasteiger partial charge in [-0.1, -0.05) is 11.6 Å². The van der Waals surface area contributed by atoms with E-state index in [-0.39, 0.29) is 19.2 Å². The van der Waals surface area contributed by atoms with Gasteiger partial charge in [-0.25, -0.2) is 4.79 Å². The number of hydrogen-bond donors (Lipinski definition) is 2. The summed E-state index contributed by atoms with van der Waals surface area (Å²) in [7, 11) is 1.28. The number of esters is 1. The van der Waals surface area contributed by atoms with E-state index in [0.29, 0.717) is 33.5 Å². The predicted octanol–water partition coefficient (Wildman–Crippen LogP) is 2.91. The van der Waals surface area contributed by atoms with Crippen LogP contribution in [-0.4, -0.2) is 32.3 Å². The van der Waals surface area contributed by atoms with Crippen molar-refractivity contribution in [3.05, 3.63) is 47.0 Å². The van der Waals surface area contributed by atoms with Crippen LogP contribution in [-0.2, 0) is 9.53 Å². The SMILES string of the molecule is COC(=O)c1ccc(Cl)c(NC(=O)CNc2ccc3c(c2)OCO3)c1. The predicted molar refractivity (Wildman–Crippen MR) is 92.5 cm³/mol. The summed E-state index contributed by atoms with van der Waals surface area (Å²) in [6, 6.07) is 9.81. The number of hydrogen-bond acceptors (Lipinski definition) is 6. The molecule has 0 aliphatic carbocycles. The molecule has 25 heavy (non-hydrogen) atoms. The summed E-state index contributed by atoms with van der Waals surface area (Å²) < 4.78 is 15.2. The van der Waals surface area contributed by atoms with E-state index in [1.807, 2.05) is 0 Å². The van der Waals surface area contributed by atoms with Crippen LogP contribution >= 0.6 is 11.6 Å². The van der Waals surface area contributed by atoms with Crippen molar-refractivity contribution in [2.75, 3.05) is 31.1 Å². The highest BCUT2D eigenvalue weighted by Gasteiger charge is 2.14. The van der Waals surface area contributed by atoms with E-state index >= 15 is 0 Å². The minimum Gasteiger partial charge on any atom is -0.465 e. The molecule has 0 spiro atoms. The molecule has 3 rings (SSSR count). The number of rotatable bonds is 5. The average Bonchev–Trinajstić information content (AvgIpc) is 3.09. The van der Waals surface area contributed by atoms with Gasteiger partial charge in [-0.15, -0.1) is 0 Å². The fourth-order valence-electron chi connectivity index (χ4n) is 2.25. The van der Waals surface area contributed by atoms with Crippen molar-refractivity contribution in [2.45, 2.75) is 0 Å². The number of nitrogens with one attached hydrogen (secondary N) is 2. The Kier molecular flexibility index (Phi) is 4.95. The lowest BCUT2D eigenvalue weighted by molar-refractivity contribution is -0.114. The Morgan fingerprint density at radius 1 is 1.16 bits per heavy atom. The molecule has 0 saturated carbocycles. The summed E-state index contributed by atoms with van der Waals surface area (Å²) in [6.45, 7) is 0.201. The van der Waals surface area contributed by atoms with Gasteiger partial charge in [-0.2, -0.15) is 0 Å². The van der Waals surface area contributed by atoms with Crippen LogP contribution in [0.5, 0.6) is 11.5 Å². The van der Waals surface area contributed by atoms with Gasteiger partial charge in [0.2, 0.25) is 12.7 Å². The molecule has 0 atom stereocenters. The van der Waals surface area contributed by atoms with Gasteiger partial charge in [0.05, 0.1) is 29.9 Å². The number of benzene rings is 2. The molecule has 8 heteroatoms. The molecule has 1 amide bonds. The van der Waals surface area contributed by atoms with Crippen molar-refractivity contribution in [3.63, 3.8) is 0 Å². The van der Waals surface area contributed by atoms with Crippen LogP contribution in [0.1, 0.15) is 10.4 Å². The molecule has 2 aromatic carbocycles. The summed E-state index contributed by atoms with van der Waals surface area (Å²) in [5, 5.41) is 5.96. The smallest absolute Gasteiger partial charge is 0.337 e. The number of ether oxygens (including phenoxy) is 3. The summed E-state index contributed by atoms with van der Waals surface area (Å²) in [5.74, 6) is 0.466. The molecular formula is C17H15ClN2O5. The van der Waals surface area contributed by atoms with Crippen LogP contribution in [0.25, 0.3) is 0 Å². The molecule has 0 bridgehead atoms. The first kappa shape index (κ1) is 16.9. The van der Waals surface area contributed by atoms with E-state index in [1.165, 1.54) is 25.3 Å². The first-order valence-electron chi connectivity index (χ1n) is 7.38. The maximum Gasteiger partial charge on any atom is 0.337 e. The molecule has 0 unspecified atom stereocenters. The van der Waals surface area contributed by atoms with E-state index in [4.69, 9.17) is 21.1 Å². The maximum atomic E-state index is 12.1. The molecule has 1 heterocycles. The monoisotopic (exact) mass is 362 g/mol. The van der Waals surface area contributed by atoms with Gasteiger partial charge in [0, 0.05) is 11.8 Å². The van der Waals surface area contributed by atoms with E-state index in [2.05, 4.69) is 15.4 Å². The molecule has 0 radical (unpaired) electrons. The molecule has 0 aromatic heterocycles. The second kappa shape index (κ2) is 7.31. The van der Waals surface area contributed by atoms with Gasteiger partial charge in [-0.3, -0.25) is 4.79 Å². The minimum absolute atomic E-state index is 0.0123. The summed E-state index contributed by atoms with van der Waals surface area (Å²) in [6.07, 6.45) is 0. The van der Waals surface area contributed by atoms with Gasteiger partial charge in [0.25, 0.3) is 0 Å². The molecule has 0 saturated heterocycles. The Bertz CT molecular complexity index is 825. The van der Waals surface area contributed by atoms with Crippen LogP contribution in [0, 0.1) is 0 Å². The van der Waals surface area contributed by atoms with E-state index < -0.39 is 5.97 Å². The Morgan fingerprint density at radius 2 is 1.96 bits per heavy atom. The highest BCUT2D eigenvalue weighted by atomic mass is 35.5. The van der Waals surface area contributed by atoms with Crippen LogP contribution in [0.2, 0.25) is 5.02 Å². The van der Waals surface area contributed by atoms with Crippen molar-refractivity contribution in [1.29, 1.82) is 0 Å². The lowest BCUT2D eigenvalue weighted by Crippen LogP contribution is -2.22. The van der Waals surface area contributed by atoms with Crippen LogP contribution in [0.15, 0.2) is 36.4 Å². The molecule has 2 aromatic rings. The highest BCUT2D eigenvalue weighted by Crippen LogP contribution is 2.34. The average molecular weight is 363 g/mol. The second-order valence-electron chi connectivity index (χ2n) is 5.16. The zero-order chi connectivity index (χ0) is 17.8. The first-order valence-corrected chi connectivity index (χ1v) is 7.76. The lowest BCUT2D eigenvalue weighted by Gasteiger charge is -2.10. The normalized spacial score (nSPS) is 11.8. The van der Waals surface area contributed by atoms with Crippen LogP contribution in [0.4, 0.5) is 11.4 Å². The van der Waals surface area contributed by atoms with E-state index in [9.17, 15) is 9.59 Å². The third-order valence-electron chi connectivity index (χ3n) is 3.49. The van der Waals surface area contributed by atoms with Gasteiger partial charge < -0.3 is 24.8 Å². The first-order chi connectivity index (χ1) is 12.1. The fourth-order valence-corrected chi connectivity index (χ4v) is 2.41. The molecule has 0 fully saturated rings. The Morgan fingerprint density at radius 3 is 2.76 bits per heavy atom. The number of methoxy groups -OCH3 is 1. The van der Waals surface area contributed by atoms with Crippen molar-refractivity contribution in [3.8, 4) is 11.5 Å². The number of fused-ring (bicyclic) bond motifs is 1. The maximum absolute atomic E-state index is 12.1. The largest absolute Gasteiger partial charge is 0.465 e. The Balaban J connectivity index is 1.62. The van der Waals surface area contributed by atoms with Crippen LogP contribution in [0.3, 0.4) is 0 Å². The molecule has 1 aliphatic heterocycles. The molecule has 1 aliphatic rings. The van der Waals surface area contributed by atoms with E-state index in [1.54, 1.807) is 18.2 Å². The van der Waals surface area contributed by atoms with Crippen molar-refractivity contribution in [2.24, 2.45) is 0 Å². The van der Waals surface area contributed by atoms with Crippen LogP contribution < -0.4 is 20.1 Å². The lowest BCUT2D eigenvalue weighted by atomic mass is 10.2. The summed E-state index contributed by atoms with van der Waals surface area (Å²) in [4.78, 5) is 23.7. The quantitative estimate of drug-likeness (QED) is 0.795. The van der Waals surface area contributed by atoms with Gasteiger partial charge >= 0.3 is 5.97 Å². The summed E-state index contributed by atoms with van der Waals surface area (Å²) in [5.41, 5.74) is 1.35. The number of carbonyl (C=O) groups is 2. The van der Waals surface area contributed by atoms with Gasteiger partial charge in [0.1, 0.15) is 0 Å². The molecule has 2 N–H and O–H groups in total. The Labute approximate surface area is 148 Å². The third kappa shape index (κ3) is 3.95. The molecular weight excluding hydrogens is 348 g/mol. The minimum atomic E-state index is -0.509. The molecule has 130 valence electrons. The van der Waals surface area contributed by atoms with Gasteiger partial charge in [0.15, 0.2) is 11.5 Å². The number of halogens is 1.